The predicted octanol–water partition coefficient (Wildman–Crippen LogP) is 1.98. The van der Waals surface area contributed by atoms with Gasteiger partial charge in [0, 0.05) is 10.5 Å². The van der Waals surface area contributed by atoms with E-state index in [9.17, 15) is 8.42 Å². The molecule has 3 nitrogen and oxygen atoms in total. The van der Waals surface area contributed by atoms with Gasteiger partial charge in [0.2, 0.25) is 0 Å². The van der Waals surface area contributed by atoms with Crippen LogP contribution in [0.4, 0.5) is 0 Å². The molecular formula is C9H16BrNO2S3. The summed E-state index contributed by atoms with van der Waals surface area (Å²) in [5.74, 6) is 0.336. The van der Waals surface area contributed by atoms with Crippen LogP contribution in [0.15, 0.2) is 0 Å². The van der Waals surface area contributed by atoms with Crippen LogP contribution in [-0.4, -0.2) is 51.5 Å². The molecule has 0 N–H and O–H groups in total. The number of hydrogen-bond acceptors (Lipinski definition) is 5. The van der Waals surface area contributed by atoms with Crippen molar-refractivity contribution in [2.75, 3.05) is 18.8 Å². The number of alkyl halides is 1. The standard InChI is InChI=1S/C9H16BrNO2S3/c1-3-11(4-2)9-14-6-5-16(12,13)8(10)7(6)15-9/h6-9H,3-5H2,1-2H3/t6-,7-,8+,9+/m1/s1. The lowest BCUT2D eigenvalue weighted by atomic mass is 10.4. The lowest BCUT2D eigenvalue weighted by Crippen LogP contribution is -2.30. The minimum absolute atomic E-state index is 0.223. The molecular weight excluding hydrogens is 330 g/mol. The normalized spacial score (nSPS) is 41.5. The van der Waals surface area contributed by atoms with Gasteiger partial charge < -0.3 is 0 Å². The van der Waals surface area contributed by atoms with Gasteiger partial charge in [0.1, 0.15) is 8.87 Å². The van der Waals surface area contributed by atoms with E-state index in [2.05, 4.69) is 34.7 Å². The Kier molecular flexibility index (Phi) is 4.22. The predicted molar refractivity (Wildman–Crippen MR) is 76.0 cm³/mol. The van der Waals surface area contributed by atoms with Crippen LogP contribution in [0.1, 0.15) is 13.8 Å². The van der Waals surface area contributed by atoms with E-state index in [1.54, 1.807) is 0 Å². The number of hydrogen-bond donors (Lipinski definition) is 0. The summed E-state index contributed by atoms with van der Waals surface area (Å²) in [6, 6.07) is 0. The molecule has 0 aliphatic carbocycles. The number of rotatable bonds is 3. The Morgan fingerprint density at radius 2 is 1.94 bits per heavy atom. The molecule has 2 fully saturated rings. The fourth-order valence-electron chi connectivity index (χ4n) is 2.06. The van der Waals surface area contributed by atoms with Gasteiger partial charge in [0.15, 0.2) is 9.84 Å². The summed E-state index contributed by atoms with van der Waals surface area (Å²) >= 11 is 6.98. The van der Waals surface area contributed by atoms with Gasteiger partial charge in [-0.15, -0.1) is 23.5 Å². The third kappa shape index (κ3) is 2.30. The fraction of sp³-hybridized carbons (Fsp3) is 1.00. The summed E-state index contributed by atoms with van der Waals surface area (Å²) in [7, 11) is -2.89. The van der Waals surface area contributed by atoms with Crippen molar-refractivity contribution in [3.8, 4) is 0 Å². The fourth-order valence-corrected chi connectivity index (χ4v) is 10.4. The van der Waals surface area contributed by atoms with Gasteiger partial charge in [0.25, 0.3) is 0 Å². The molecule has 0 aromatic rings. The van der Waals surface area contributed by atoms with Crippen LogP contribution >= 0.6 is 39.5 Å². The van der Waals surface area contributed by atoms with Crippen molar-refractivity contribution in [3.05, 3.63) is 0 Å². The first-order valence-corrected chi connectivity index (χ1v) is 9.92. The highest BCUT2D eigenvalue weighted by molar-refractivity contribution is 9.11. The molecule has 2 saturated heterocycles. The van der Waals surface area contributed by atoms with E-state index in [1.165, 1.54) is 0 Å². The van der Waals surface area contributed by atoms with E-state index < -0.39 is 9.84 Å². The molecule has 0 amide bonds. The summed E-state index contributed by atoms with van der Waals surface area (Å²) in [6.45, 7) is 6.36. The SMILES string of the molecule is CCN(CC)[C@@H]1S[C@H]2[C@@H](Br)S(=O)(=O)C[C@H]2S1. The molecule has 0 aromatic carbocycles. The molecule has 7 heteroatoms. The molecule has 0 saturated carbocycles. The molecule has 0 unspecified atom stereocenters. The maximum absolute atomic E-state index is 11.7. The highest BCUT2D eigenvalue weighted by Crippen LogP contribution is 2.52. The molecule has 0 radical (unpaired) electrons. The Morgan fingerprint density at radius 3 is 2.44 bits per heavy atom. The third-order valence-electron chi connectivity index (χ3n) is 3.04. The maximum Gasteiger partial charge on any atom is 0.165 e. The van der Waals surface area contributed by atoms with Gasteiger partial charge >= 0.3 is 0 Å². The Bertz CT molecular complexity index is 358. The summed E-state index contributed by atoms with van der Waals surface area (Å²) in [4.78, 5) is 2.39. The average molecular weight is 346 g/mol. The quantitative estimate of drug-likeness (QED) is 0.731. The number of nitrogens with zero attached hydrogens (tertiary/aromatic N) is 1. The lowest BCUT2D eigenvalue weighted by Gasteiger charge is -2.25. The van der Waals surface area contributed by atoms with E-state index in [1.807, 2.05) is 23.5 Å². The minimum Gasteiger partial charge on any atom is -0.284 e. The first-order chi connectivity index (χ1) is 7.49. The van der Waals surface area contributed by atoms with Gasteiger partial charge in [-0.2, -0.15) is 0 Å². The Labute approximate surface area is 114 Å². The molecule has 2 aliphatic rings. The monoisotopic (exact) mass is 345 g/mol. The smallest absolute Gasteiger partial charge is 0.165 e. The van der Waals surface area contributed by atoms with Crippen molar-refractivity contribution in [3.63, 3.8) is 0 Å². The van der Waals surface area contributed by atoms with Crippen molar-refractivity contribution in [1.29, 1.82) is 0 Å². The van der Waals surface area contributed by atoms with Gasteiger partial charge in [-0.05, 0) is 13.1 Å². The number of sulfone groups is 1. The second-order valence-corrected chi connectivity index (χ2v) is 10.6. The third-order valence-corrected chi connectivity index (χ3v) is 11.5. The van der Waals surface area contributed by atoms with E-state index in [-0.39, 0.29) is 14.7 Å². The van der Waals surface area contributed by atoms with Crippen LogP contribution in [0, 0.1) is 0 Å². The molecule has 0 bridgehead atoms. The summed E-state index contributed by atoms with van der Waals surface area (Å²) in [5.41, 5.74) is 0. The molecule has 94 valence electrons. The Morgan fingerprint density at radius 1 is 1.31 bits per heavy atom. The molecule has 0 aromatic heterocycles. The van der Waals surface area contributed by atoms with E-state index >= 15 is 0 Å². The van der Waals surface area contributed by atoms with Crippen molar-refractivity contribution in [2.45, 2.75) is 33.2 Å². The first-order valence-electron chi connectivity index (χ1n) is 5.40. The largest absolute Gasteiger partial charge is 0.284 e. The molecule has 0 spiro atoms. The van der Waals surface area contributed by atoms with E-state index in [0.29, 0.717) is 10.5 Å². The highest BCUT2D eigenvalue weighted by Gasteiger charge is 2.52. The van der Waals surface area contributed by atoms with Gasteiger partial charge in [0.05, 0.1) is 5.75 Å². The van der Waals surface area contributed by atoms with E-state index in [4.69, 9.17) is 0 Å². The van der Waals surface area contributed by atoms with Crippen LogP contribution < -0.4 is 0 Å². The second kappa shape index (κ2) is 4.99. The highest BCUT2D eigenvalue weighted by atomic mass is 79.9. The van der Waals surface area contributed by atoms with Crippen molar-refractivity contribution >= 4 is 49.3 Å². The summed E-state index contributed by atoms with van der Waals surface area (Å²) in [6.07, 6.45) is 0. The number of fused-ring (bicyclic) bond motifs is 1. The van der Waals surface area contributed by atoms with Crippen LogP contribution in [0.3, 0.4) is 0 Å². The molecule has 2 rings (SSSR count). The zero-order valence-electron chi connectivity index (χ0n) is 9.30. The molecule has 16 heavy (non-hydrogen) atoms. The number of thioether (sulfide) groups is 2. The van der Waals surface area contributed by atoms with Crippen molar-refractivity contribution < 1.29 is 8.42 Å². The first kappa shape index (κ1) is 13.5. The zero-order chi connectivity index (χ0) is 11.9. The maximum atomic E-state index is 11.7. The lowest BCUT2D eigenvalue weighted by molar-refractivity contribution is 0.340. The van der Waals surface area contributed by atoms with Crippen LogP contribution in [0.25, 0.3) is 0 Å². The summed E-state index contributed by atoms with van der Waals surface area (Å²) < 4.78 is 23.5. The van der Waals surface area contributed by atoms with Crippen molar-refractivity contribution in [2.24, 2.45) is 0 Å². The van der Waals surface area contributed by atoms with Gasteiger partial charge in [-0.1, -0.05) is 29.8 Å². The van der Waals surface area contributed by atoms with E-state index in [0.717, 1.165) is 13.1 Å². The second-order valence-electron chi connectivity index (χ2n) is 3.98. The molecule has 2 aliphatic heterocycles. The van der Waals surface area contributed by atoms with Gasteiger partial charge in [-0.25, -0.2) is 8.42 Å². The van der Waals surface area contributed by atoms with Crippen LogP contribution in [0.2, 0.25) is 0 Å². The Hall–Kier alpha value is 1.09. The minimum atomic E-state index is -2.89. The van der Waals surface area contributed by atoms with Crippen molar-refractivity contribution in [1.82, 2.24) is 4.90 Å². The molecule has 2 heterocycles. The Balaban J connectivity index is 2.07. The average Bonchev–Trinajstić information content (AvgIpc) is 2.69. The van der Waals surface area contributed by atoms with Gasteiger partial charge in [-0.3, -0.25) is 4.90 Å². The van der Waals surface area contributed by atoms with Crippen LogP contribution in [-0.2, 0) is 9.84 Å². The van der Waals surface area contributed by atoms with Crippen LogP contribution in [0.5, 0.6) is 0 Å². The topological polar surface area (TPSA) is 37.4 Å². The number of halogens is 1. The zero-order valence-corrected chi connectivity index (χ0v) is 13.3. The summed E-state index contributed by atoms with van der Waals surface area (Å²) in [5, 5.41) is 0.491. The molecule has 4 atom stereocenters.